The van der Waals surface area contributed by atoms with E-state index >= 15 is 0 Å². The molecular formula is C14H10F3N. The number of allylic oxidation sites excluding steroid dienone is 10. The molecule has 0 saturated carbocycles. The molecule has 1 nitrogen and oxygen atoms in total. The second-order valence-corrected chi connectivity index (χ2v) is 4.09. The number of hydrogen-bond donors (Lipinski definition) is 0. The predicted octanol–water partition coefficient (Wildman–Crippen LogP) is 4.14. The summed E-state index contributed by atoms with van der Waals surface area (Å²) in [6.45, 7) is 0. The minimum absolute atomic E-state index is 0.115. The van der Waals surface area contributed by atoms with Crippen LogP contribution in [0.5, 0.6) is 0 Å². The highest BCUT2D eigenvalue weighted by atomic mass is 19.4. The number of nitrogens with zero attached hydrogens (tertiary/aromatic N) is 1. The van der Waals surface area contributed by atoms with E-state index in [9.17, 15) is 13.2 Å². The van der Waals surface area contributed by atoms with Crippen LogP contribution in [0.2, 0.25) is 0 Å². The van der Waals surface area contributed by atoms with Gasteiger partial charge in [0, 0.05) is 12.0 Å². The van der Waals surface area contributed by atoms with Crippen molar-refractivity contribution >= 4 is 0 Å². The summed E-state index contributed by atoms with van der Waals surface area (Å²) in [5, 5.41) is 8.60. The van der Waals surface area contributed by atoms with E-state index < -0.39 is 11.7 Å². The van der Waals surface area contributed by atoms with Crippen molar-refractivity contribution in [3.63, 3.8) is 0 Å². The van der Waals surface area contributed by atoms with Gasteiger partial charge in [-0.1, -0.05) is 36.5 Å². The molecule has 4 heteroatoms. The number of fused-ring (bicyclic) bond motifs is 1. The van der Waals surface area contributed by atoms with E-state index in [0.717, 1.165) is 17.2 Å². The molecule has 0 aliphatic heterocycles. The summed E-state index contributed by atoms with van der Waals surface area (Å²) in [6.07, 6.45) is 5.34. The van der Waals surface area contributed by atoms with Crippen molar-refractivity contribution in [3.05, 3.63) is 58.7 Å². The highest BCUT2D eigenvalue weighted by Gasteiger charge is 2.34. The third-order valence-corrected chi connectivity index (χ3v) is 2.84. The molecular weight excluding hydrogens is 239 g/mol. The van der Waals surface area contributed by atoms with Crippen molar-refractivity contribution in [2.24, 2.45) is 0 Å². The van der Waals surface area contributed by atoms with Crippen LogP contribution in [0.1, 0.15) is 12.8 Å². The minimum atomic E-state index is -4.28. The second kappa shape index (κ2) is 4.69. The molecule has 0 spiro atoms. The van der Waals surface area contributed by atoms with Gasteiger partial charge in [0.05, 0.1) is 12.5 Å². The molecule has 0 atom stereocenters. The fourth-order valence-corrected chi connectivity index (χ4v) is 1.85. The maximum absolute atomic E-state index is 12.6. The van der Waals surface area contributed by atoms with Crippen molar-refractivity contribution < 1.29 is 13.2 Å². The van der Waals surface area contributed by atoms with E-state index in [2.05, 4.69) is 0 Å². The molecule has 0 unspecified atom stereocenters. The van der Waals surface area contributed by atoms with Crippen molar-refractivity contribution in [3.8, 4) is 6.07 Å². The lowest BCUT2D eigenvalue weighted by Crippen LogP contribution is -2.14. The third kappa shape index (κ3) is 2.62. The molecule has 0 fully saturated rings. The highest BCUT2D eigenvalue weighted by molar-refractivity contribution is 5.54. The van der Waals surface area contributed by atoms with E-state index in [1.54, 1.807) is 24.3 Å². The summed E-state index contributed by atoms with van der Waals surface area (Å²) < 4.78 is 37.8. The Labute approximate surface area is 103 Å². The van der Waals surface area contributed by atoms with Crippen LogP contribution in [0.15, 0.2) is 58.7 Å². The molecule has 0 N–H and O–H groups in total. The van der Waals surface area contributed by atoms with Crippen molar-refractivity contribution in [2.45, 2.75) is 19.0 Å². The molecule has 0 saturated heterocycles. The minimum Gasteiger partial charge on any atom is -0.198 e. The van der Waals surface area contributed by atoms with Crippen LogP contribution in [0.25, 0.3) is 0 Å². The van der Waals surface area contributed by atoms with Crippen LogP contribution in [0, 0.1) is 11.3 Å². The Morgan fingerprint density at radius 1 is 1.11 bits per heavy atom. The molecule has 0 aromatic rings. The van der Waals surface area contributed by atoms with Gasteiger partial charge in [0.15, 0.2) is 0 Å². The first-order valence-electron chi connectivity index (χ1n) is 5.44. The van der Waals surface area contributed by atoms with Gasteiger partial charge in [-0.2, -0.15) is 18.4 Å². The summed E-state index contributed by atoms with van der Waals surface area (Å²) in [6, 6.07) is 2.02. The van der Waals surface area contributed by atoms with Gasteiger partial charge in [-0.05, 0) is 16.7 Å². The lowest BCUT2D eigenvalue weighted by atomic mass is 9.92. The van der Waals surface area contributed by atoms with Gasteiger partial charge in [0.1, 0.15) is 0 Å². The van der Waals surface area contributed by atoms with Gasteiger partial charge < -0.3 is 0 Å². The fraction of sp³-hybridized carbons (Fsp3) is 0.214. The average Bonchev–Trinajstić information content (AvgIpc) is 2.51. The summed E-state index contributed by atoms with van der Waals surface area (Å²) in [7, 11) is 0. The first-order valence-corrected chi connectivity index (χ1v) is 5.44. The van der Waals surface area contributed by atoms with Gasteiger partial charge in [0.2, 0.25) is 0 Å². The molecule has 0 bridgehead atoms. The maximum atomic E-state index is 12.6. The smallest absolute Gasteiger partial charge is 0.198 e. The van der Waals surface area contributed by atoms with E-state index in [1.807, 2.05) is 6.07 Å². The Morgan fingerprint density at radius 2 is 1.89 bits per heavy atom. The molecule has 2 aliphatic carbocycles. The quantitative estimate of drug-likeness (QED) is 0.685. The van der Waals surface area contributed by atoms with Gasteiger partial charge in [-0.3, -0.25) is 0 Å². The van der Waals surface area contributed by atoms with Crippen molar-refractivity contribution in [2.75, 3.05) is 0 Å². The SMILES string of the molecule is N#CCC1=CC=C2CC(C(F)(F)F)=CC=C2C=C1. The molecule has 0 heterocycles. The molecule has 2 rings (SSSR count). The topological polar surface area (TPSA) is 23.8 Å². The summed E-state index contributed by atoms with van der Waals surface area (Å²) in [5.74, 6) is 0. The van der Waals surface area contributed by atoms with E-state index in [4.69, 9.17) is 5.26 Å². The van der Waals surface area contributed by atoms with Crippen LogP contribution >= 0.6 is 0 Å². The summed E-state index contributed by atoms with van der Waals surface area (Å²) in [5.41, 5.74) is 1.66. The third-order valence-electron chi connectivity index (χ3n) is 2.84. The van der Waals surface area contributed by atoms with Crippen LogP contribution in [-0.2, 0) is 0 Å². The summed E-state index contributed by atoms with van der Waals surface area (Å²) in [4.78, 5) is 0. The average molecular weight is 249 g/mol. The Kier molecular flexibility index (Phi) is 3.24. The lowest BCUT2D eigenvalue weighted by molar-refractivity contribution is -0.0932. The van der Waals surface area contributed by atoms with Crippen LogP contribution in [0.3, 0.4) is 0 Å². The monoisotopic (exact) mass is 249 g/mol. The van der Waals surface area contributed by atoms with Crippen LogP contribution in [-0.4, -0.2) is 6.18 Å². The van der Waals surface area contributed by atoms with Gasteiger partial charge in [-0.15, -0.1) is 0 Å². The normalized spacial score (nSPS) is 18.8. The zero-order valence-corrected chi connectivity index (χ0v) is 9.46. The standard InChI is InChI=1S/C14H10F3N/c15-14(16,17)13-6-5-11-3-1-10(7-8-18)2-4-12(11)9-13/h1-6H,7,9H2. The number of rotatable bonds is 1. The van der Waals surface area contributed by atoms with Gasteiger partial charge >= 0.3 is 6.18 Å². The molecule has 0 aromatic heterocycles. The molecule has 18 heavy (non-hydrogen) atoms. The predicted molar refractivity (Wildman–Crippen MR) is 62.4 cm³/mol. The zero-order valence-electron chi connectivity index (χ0n) is 9.46. The molecule has 0 radical (unpaired) electrons. The Balaban J connectivity index is 2.31. The number of nitriles is 1. The van der Waals surface area contributed by atoms with Gasteiger partial charge in [-0.25, -0.2) is 0 Å². The first-order chi connectivity index (χ1) is 8.50. The number of halogens is 3. The number of hydrogen-bond acceptors (Lipinski definition) is 1. The van der Waals surface area contributed by atoms with E-state index in [1.165, 1.54) is 6.08 Å². The molecule has 0 amide bonds. The zero-order chi connectivity index (χ0) is 13.2. The van der Waals surface area contributed by atoms with Crippen LogP contribution in [0.4, 0.5) is 13.2 Å². The van der Waals surface area contributed by atoms with Crippen molar-refractivity contribution in [1.82, 2.24) is 0 Å². The molecule has 92 valence electrons. The molecule has 2 aliphatic rings. The largest absolute Gasteiger partial charge is 0.413 e. The Morgan fingerprint density at radius 3 is 2.56 bits per heavy atom. The fourth-order valence-electron chi connectivity index (χ4n) is 1.85. The molecule has 0 aromatic carbocycles. The van der Waals surface area contributed by atoms with E-state index in [0.29, 0.717) is 5.57 Å². The van der Waals surface area contributed by atoms with Gasteiger partial charge in [0.25, 0.3) is 0 Å². The lowest BCUT2D eigenvalue weighted by Gasteiger charge is -2.17. The maximum Gasteiger partial charge on any atom is 0.413 e. The highest BCUT2D eigenvalue weighted by Crippen LogP contribution is 2.36. The summed E-state index contributed by atoms with van der Waals surface area (Å²) >= 11 is 0. The number of alkyl halides is 3. The first kappa shape index (κ1) is 12.4. The Bertz CT molecular complexity index is 549. The second-order valence-electron chi connectivity index (χ2n) is 4.09. The van der Waals surface area contributed by atoms with E-state index in [-0.39, 0.29) is 12.8 Å². The Hall–Kier alpha value is -2.02. The van der Waals surface area contributed by atoms with Crippen molar-refractivity contribution in [1.29, 1.82) is 5.26 Å². The van der Waals surface area contributed by atoms with Crippen LogP contribution < -0.4 is 0 Å².